The summed E-state index contributed by atoms with van der Waals surface area (Å²) in [6.45, 7) is -1.16. The molecule has 169 valence electrons. The summed E-state index contributed by atoms with van der Waals surface area (Å²) in [6, 6.07) is 9.90. The van der Waals surface area contributed by atoms with Gasteiger partial charge in [-0.3, -0.25) is 5.11 Å². The molecule has 0 fully saturated rings. The van der Waals surface area contributed by atoms with E-state index in [1.165, 1.54) is 12.1 Å². The SMILES string of the molecule is CCCc1ccc(-c2c([O])cc(F)c(C(F)(F)Oc3ccc(OC(F)F)cc3)c2F)cc1. The molecule has 0 saturated carbocycles. The quantitative estimate of drug-likeness (QED) is 0.331. The van der Waals surface area contributed by atoms with Crippen LogP contribution in [-0.4, -0.2) is 6.61 Å². The van der Waals surface area contributed by atoms with Gasteiger partial charge in [0.1, 0.15) is 22.9 Å². The summed E-state index contributed by atoms with van der Waals surface area (Å²) >= 11 is 0. The highest BCUT2D eigenvalue weighted by Gasteiger charge is 2.43. The molecule has 0 aliphatic heterocycles. The van der Waals surface area contributed by atoms with E-state index >= 15 is 4.39 Å². The highest BCUT2D eigenvalue weighted by Crippen LogP contribution is 2.42. The molecule has 9 heteroatoms. The average Bonchev–Trinajstić information content (AvgIpc) is 2.69. The molecule has 0 unspecified atom stereocenters. The molecule has 32 heavy (non-hydrogen) atoms. The molecule has 3 nitrogen and oxygen atoms in total. The molecule has 1 radical (unpaired) electrons. The number of benzene rings is 3. The number of hydrogen-bond donors (Lipinski definition) is 0. The lowest BCUT2D eigenvalue weighted by Gasteiger charge is -2.21. The molecule has 0 aliphatic rings. The maximum absolute atomic E-state index is 15.0. The number of ether oxygens (including phenoxy) is 2. The third-order valence-electron chi connectivity index (χ3n) is 4.55. The van der Waals surface area contributed by atoms with Gasteiger partial charge in [0.05, 0.1) is 5.56 Å². The minimum absolute atomic E-state index is 0.0119. The van der Waals surface area contributed by atoms with Crippen LogP contribution in [0.5, 0.6) is 17.2 Å². The predicted molar refractivity (Wildman–Crippen MR) is 104 cm³/mol. The number of alkyl halides is 4. The Balaban J connectivity index is 1.96. The molecule has 3 rings (SSSR count). The maximum Gasteiger partial charge on any atom is 0.432 e. The van der Waals surface area contributed by atoms with E-state index in [0.717, 1.165) is 42.7 Å². The number of aryl methyl sites for hydroxylation is 1. The molecule has 0 aliphatic carbocycles. The van der Waals surface area contributed by atoms with Crippen molar-refractivity contribution in [1.82, 2.24) is 0 Å². The van der Waals surface area contributed by atoms with Gasteiger partial charge in [0, 0.05) is 6.07 Å². The van der Waals surface area contributed by atoms with Crippen LogP contribution in [-0.2, 0) is 17.6 Å². The van der Waals surface area contributed by atoms with E-state index in [2.05, 4.69) is 9.47 Å². The minimum Gasteiger partial charge on any atom is -0.435 e. The summed E-state index contributed by atoms with van der Waals surface area (Å²) in [5.74, 6) is -5.51. The van der Waals surface area contributed by atoms with Crippen molar-refractivity contribution in [1.29, 1.82) is 0 Å². The van der Waals surface area contributed by atoms with Crippen molar-refractivity contribution in [3.63, 3.8) is 0 Å². The fourth-order valence-corrected chi connectivity index (χ4v) is 3.15. The lowest BCUT2D eigenvalue weighted by molar-refractivity contribution is -0.189. The Morgan fingerprint density at radius 1 is 0.938 bits per heavy atom. The maximum atomic E-state index is 15.0. The van der Waals surface area contributed by atoms with Gasteiger partial charge in [-0.2, -0.15) is 17.6 Å². The zero-order chi connectivity index (χ0) is 23.5. The van der Waals surface area contributed by atoms with E-state index in [-0.39, 0.29) is 17.4 Å². The second-order valence-corrected chi connectivity index (χ2v) is 6.84. The van der Waals surface area contributed by atoms with Gasteiger partial charge in [-0.25, -0.2) is 8.78 Å². The zero-order valence-corrected chi connectivity index (χ0v) is 16.7. The molecule has 0 bridgehead atoms. The lowest BCUT2D eigenvalue weighted by Crippen LogP contribution is -2.25. The highest BCUT2D eigenvalue weighted by molar-refractivity contribution is 5.72. The molecule has 0 amide bonds. The normalized spacial score (nSPS) is 11.6. The third-order valence-corrected chi connectivity index (χ3v) is 4.55. The van der Waals surface area contributed by atoms with E-state index in [1.54, 1.807) is 12.1 Å². The van der Waals surface area contributed by atoms with E-state index < -0.39 is 47.0 Å². The Labute approximate surface area is 179 Å². The third kappa shape index (κ3) is 5.09. The predicted octanol–water partition coefficient (Wildman–Crippen LogP) is 7.46. The zero-order valence-electron chi connectivity index (χ0n) is 16.7. The van der Waals surface area contributed by atoms with E-state index in [0.29, 0.717) is 0 Å². The van der Waals surface area contributed by atoms with Crippen molar-refractivity contribution < 1.29 is 40.9 Å². The summed E-state index contributed by atoms with van der Waals surface area (Å²) in [5.41, 5.74) is -1.54. The Morgan fingerprint density at radius 2 is 1.53 bits per heavy atom. The Morgan fingerprint density at radius 3 is 2.09 bits per heavy atom. The molecule has 3 aromatic carbocycles. The van der Waals surface area contributed by atoms with Crippen molar-refractivity contribution in [2.24, 2.45) is 0 Å². The monoisotopic (exact) mass is 455 g/mol. The van der Waals surface area contributed by atoms with Gasteiger partial charge in [0.15, 0.2) is 11.6 Å². The molecular formula is C23H17F6O3. The fraction of sp³-hybridized carbons (Fsp3) is 0.217. The van der Waals surface area contributed by atoms with Gasteiger partial charge in [-0.15, -0.1) is 0 Å². The van der Waals surface area contributed by atoms with Crippen LogP contribution in [0.25, 0.3) is 11.1 Å². The van der Waals surface area contributed by atoms with E-state index in [9.17, 15) is 27.1 Å². The number of rotatable bonds is 8. The van der Waals surface area contributed by atoms with Crippen LogP contribution in [0, 0.1) is 11.6 Å². The van der Waals surface area contributed by atoms with Gasteiger partial charge in [0.2, 0.25) is 0 Å². The average molecular weight is 455 g/mol. The second kappa shape index (κ2) is 9.42. The molecule has 0 saturated heterocycles. The van der Waals surface area contributed by atoms with Crippen molar-refractivity contribution in [3.05, 3.63) is 77.4 Å². The first-order chi connectivity index (χ1) is 15.1. The lowest BCUT2D eigenvalue weighted by atomic mass is 9.98. The van der Waals surface area contributed by atoms with Crippen molar-refractivity contribution in [2.45, 2.75) is 32.5 Å². The summed E-state index contributed by atoms with van der Waals surface area (Å²) in [4.78, 5) is 0. The van der Waals surface area contributed by atoms with Gasteiger partial charge >= 0.3 is 12.7 Å². The van der Waals surface area contributed by atoms with Crippen LogP contribution in [0.3, 0.4) is 0 Å². The molecule has 0 spiro atoms. The second-order valence-electron chi connectivity index (χ2n) is 6.84. The largest absolute Gasteiger partial charge is 0.435 e. The first-order valence-electron chi connectivity index (χ1n) is 9.53. The first kappa shape index (κ1) is 23.3. The van der Waals surface area contributed by atoms with E-state index in [4.69, 9.17) is 0 Å². The van der Waals surface area contributed by atoms with Crippen LogP contribution in [0.1, 0.15) is 24.5 Å². The smallest absolute Gasteiger partial charge is 0.432 e. The molecule has 0 heterocycles. The molecular weight excluding hydrogens is 438 g/mol. The summed E-state index contributed by atoms with van der Waals surface area (Å²) in [6.07, 6.45) is -2.93. The van der Waals surface area contributed by atoms with Crippen molar-refractivity contribution >= 4 is 0 Å². The molecule has 0 N–H and O–H groups in total. The van der Waals surface area contributed by atoms with Crippen molar-refractivity contribution in [2.75, 3.05) is 0 Å². The van der Waals surface area contributed by atoms with Gasteiger partial charge in [0.25, 0.3) is 0 Å². The number of hydrogen-bond acceptors (Lipinski definition) is 2. The summed E-state index contributed by atoms with van der Waals surface area (Å²) < 4.78 is 91.6. The topological polar surface area (TPSA) is 38.4 Å². The fourth-order valence-electron chi connectivity index (χ4n) is 3.15. The summed E-state index contributed by atoms with van der Waals surface area (Å²) in [7, 11) is 0. The summed E-state index contributed by atoms with van der Waals surface area (Å²) in [5, 5.41) is 12.2. The van der Waals surface area contributed by atoms with Crippen molar-refractivity contribution in [3.8, 4) is 28.4 Å². The number of halogens is 6. The van der Waals surface area contributed by atoms with Gasteiger partial charge in [-0.05, 0) is 41.8 Å². The van der Waals surface area contributed by atoms with Gasteiger partial charge in [-0.1, -0.05) is 37.6 Å². The standard InChI is InChI=1S/C23H17F6O3/c1-2-3-13-4-6-14(7-5-13)19-18(30)12-17(24)20(21(19)25)23(28,29)32-16-10-8-15(9-11-16)31-22(26)27/h4-12,22H,2-3H2,1H3. The van der Waals surface area contributed by atoms with Crippen LogP contribution in [0.4, 0.5) is 26.3 Å². The molecule has 0 aromatic heterocycles. The van der Waals surface area contributed by atoms with E-state index in [1.807, 2.05) is 6.92 Å². The molecule has 3 aromatic rings. The van der Waals surface area contributed by atoms with Crippen LogP contribution in [0.2, 0.25) is 0 Å². The van der Waals surface area contributed by atoms with Crippen LogP contribution < -0.4 is 9.47 Å². The Bertz CT molecular complexity index is 1070. The highest BCUT2D eigenvalue weighted by atomic mass is 19.3. The van der Waals surface area contributed by atoms with Gasteiger partial charge < -0.3 is 9.47 Å². The Kier molecular flexibility index (Phi) is 6.86. The van der Waals surface area contributed by atoms with Crippen LogP contribution >= 0.6 is 0 Å². The Hall–Kier alpha value is -3.36. The minimum atomic E-state index is -4.51. The molecule has 0 atom stereocenters. The van der Waals surface area contributed by atoms with Crippen LogP contribution in [0.15, 0.2) is 54.6 Å². The first-order valence-corrected chi connectivity index (χ1v) is 9.53.